The molecule has 9 heteroatoms. The third-order valence-corrected chi connectivity index (χ3v) is 5.81. The minimum atomic E-state index is -0.686. The van der Waals surface area contributed by atoms with E-state index in [2.05, 4.69) is 15.5 Å². The second-order valence-corrected chi connectivity index (χ2v) is 8.08. The number of carbonyl (C=O) groups is 1. The van der Waals surface area contributed by atoms with Crippen LogP contribution in [0.2, 0.25) is 0 Å². The number of urea groups is 1. The Bertz CT molecular complexity index is 1400. The van der Waals surface area contributed by atoms with Crippen molar-refractivity contribution in [2.24, 2.45) is 0 Å². The molecule has 4 aromatic rings. The van der Waals surface area contributed by atoms with Gasteiger partial charge in [0, 0.05) is 11.3 Å². The van der Waals surface area contributed by atoms with Gasteiger partial charge in [0.15, 0.2) is 0 Å². The predicted molar refractivity (Wildman–Crippen MR) is 122 cm³/mol. The molecule has 0 aliphatic carbocycles. The van der Waals surface area contributed by atoms with Gasteiger partial charge in [-0.25, -0.2) is 18.0 Å². The summed E-state index contributed by atoms with van der Waals surface area (Å²) in [6.45, 7) is 1.92. The molecule has 35 heavy (non-hydrogen) atoms. The molecule has 176 valence electrons. The number of rotatable bonds is 5. The highest BCUT2D eigenvalue weighted by Gasteiger charge is 2.35. The fourth-order valence-electron chi connectivity index (χ4n) is 3.98. The van der Waals surface area contributed by atoms with Gasteiger partial charge in [-0.05, 0) is 66.6 Å². The molecule has 3 aromatic carbocycles. The van der Waals surface area contributed by atoms with Crippen LogP contribution in [-0.4, -0.2) is 21.1 Å². The standard InChI is InChI=1S/C26H19F3N4O2/c1-15-22(25-31-24(32-35-25)18-6-12-21(29)13-7-18)23(17-4-10-20(28)11-5-17)30-26(34)33(15)14-16-2-8-19(27)9-3-16/h2-13,23H,14H2,1H3,(H,30,34). The summed E-state index contributed by atoms with van der Waals surface area (Å²) in [5.41, 5.74) is 2.97. The number of nitrogens with zero attached hydrogens (tertiary/aromatic N) is 3. The van der Waals surface area contributed by atoms with Crippen LogP contribution in [0.4, 0.5) is 18.0 Å². The van der Waals surface area contributed by atoms with Crippen LogP contribution in [0.1, 0.15) is 30.0 Å². The van der Waals surface area contributed by atoms with E-state index >= 15 is 0 Å². The zero-order valence-corrected chi connectivity index (χ0v) is 18.5. The number of benzene rings is 3. The van der Waals surface area contributed by atoms with Gasteiger partial charge in [-0.3, -0.25) is 4.90 Å². The van der Waals surface area contributed by atoms with Crippen LogP contribution in [0.25, 0.3) is 17.0 Å². The largest absolute Gasteiger partial charge is 0.334 e. The number of halogens is 3. The lowest BCUT2D eigenvalue weighted by molar-refractivity contribution is 0.203. The van der Waals surface area contributed by atoms with Gasteiger partial charge in [0.05, 0.1) is 18.2 Å². The van der Waals surface area contributed by atoms with Gasteiger partial charge < -0.3 is 9.84 Å². The minimum Gasteiger partial charge on any atom is -0.334 e. The van der Waals surface area contributed by atoms with Crippen molar-refractivity contribution < 1.29 is 22.5 Å². The van der Waals surface area contributed by atoms with Crippen molar-refractivity contribution in [2.75, 3.05) is 0 Å². The van der Waals surface area contributed by atoms with E-state index in [9.17, 15) is 18.0 Å². The SMILES string of the molecule is CC1=C(c2nc(-c3ccc(F)cc3)no2)C(c2ccc(F)cc2)NC(=O)N1Cc1ccc(F)cc1. The van der Waals surface area contributed by atoms with Crippen LogP contribution in [0.5, 0.6) is 0 Å². The number of allylic oxidation sites excluding steroid dienone is 1. The van der Waals surface area contributed by atoms with Gasteiger partial charge in [-0.2, -0.15) is 4.98 Å². The van der Waals surface area contributed by atoms with Gasteiger partial charge in [0.2, 0.25) is 5.82 Å². The molecule has 0 saturated carbocycles. The second-order valence-electron chi connectivity index (χ2n) is 8.08. The molecule has 1 aromatic heterocycles. The van der Waals surface area contributed by atoms with Crippen LogP contribution in [0.15, 0.2) is 83.0 Å². The summed E-state index contributed by atoms with van der Waals surface area (Å²) in [6, 6.07) is 16.2. The summed E-state index contributed by atoms with van der Waals surface area (Å²) in [5, 5.41) is 6.95. The number of aromatic nitrogens is 2. The first-order valence-electron chi connectivity index (χ1n) is 10.8. The number of hydrogen-bond acceptors (Lipinski definition) is 4. The summed E-state index contributed by atoms with van der Waals surface area (Å²) in [4.78, 5) is 19.1. The smallest absolute Gasteiger partial charge is 0.322 e. The maximum atomic E-state index is 13.6. The van der Waals surface area contributed by atoms with Crippen LogP contribution >= 0.6 is 0 Å². The average molecular weight is 476 g/mol. The normalized spacial score (nSPS) is 15.9. The van der Waals surface area contributed by atoms with E-state index in [1.165, 1.54) is 53.4 Å². The quantitative estimate of drug-likeness (QED) is 0.392. The van der Waals surface area contributed by atoms with Gasteiger partial charge >= 0.3 is 6.03 Å². The molecule has 0 fully saturated rings. The van der Waals surface area contributed by atoms with E-state index in [0.717, 1.165) is 5.56 Å². The first-order chi connectivity index (χ1) is 16.9. The summed E-state index contributed by atoms with van der Waals surface area (Å²) in [6.07, 6.45) is 0. The monoisotopic (exact) mass is 476 g/mol. The van der Waals surface area contributed by atoms with Gasteiger partial charge in [0.25, 0.3) is 5.89 Å². The summed E-state index contributed by atoms with van der Waals surface area (Å²) in [5.74, 6) is -0.771. The van der Waals surface area contributed by atoms with E-state index in [-0.39, 0.29) is 35.9 Å². The Hall–Kier alpha value is -4.40. The Kier molecular flexibility index (Phi) is 5.82. The molecular weight excluding hydrogens is 457 g/mol. The molecule has 0 saturated heterocycles. The molecule has 0 spiro atoms. The van der Waals surface area contributed by atoms with Gasteiger partial charge in [0.1, 0.15) is 17.5 Å². The molecule has 1 aliphatic rings. The molecule has 5 rings (SSSR count). The summed E-state index contributed by atoms with van der Waals surface area (Å²) < 4.78 is 45.8. The molecule has 2 heterocycles. The van der Waals surface area contributed by atoms with E-state index in [1.807, 2.05) is 0 Å². The minimum absolute atomic E-state index is 0.153. The Morgan fingerprint density at radius 2 is 1.46 bits per heavy atom. The number of nitrogens with one attached hydrogen (secondary N) is 1. The maximum Gasteiger partial charge on any atom is 0.322 e. The molecule has 1 atom stereocenters. The Morgan fingerprint density at radius 3 is 2.09 bits per heavy atom. The van der Waals surface area contributed by atoms with Crippen molar-refractivity contribution in [3.8, 4) is 11.4 Å². The lowest BCUT2D eigenvalue weighted by atomic mass is 9.94. The Morgan fingerprint density at radius 1 is 0.886 bits per heavy atom. The van der Waals surface area contributed by atoms with E-state index in [4.69, 9.17) is 4.52 Å². The van der Waals surface area contributed by atoms with Crippen LogP contribution < -0.4 is 5.32 Å². The predicted octanol–water partition coefficient (Wildman–Crippen LogP) is 5.85. The number of amides is 2. The molecule has 1 aliphatic heterocycles. The van der Waals surface area contributed by atoms with Gasteiger partial charge in [-0.1, -0.05) is 29.4 Å². The lowest BCUT2D eigenvalue weighted by Crippen LogP contribution is -2.45. The highest BCUT2D eigenvalue weighted by molar-refractivity contribution is 5.86. The molecule has 2 amide bonds. The first kappa shape index (κ1) is 22.4. The zero-order valence-electron chi connectivity index (χ0n) is 18.5. The summed E-state index contributed by atoms with van der Waals surface area (Å²) in [7, 11) is 0. The molecule has 0 bridgehead atoms. The fraction of sp³-hybridized carbons (Fsp3) is 0.115. The van der Waals surface area contributed by atoms with Crippen LogP contribution in [-0.2, 0) is 6.54 Å². The number of hydrogen-bond donors (Lipinski definition) is 1. The topological polar surface area (TPSA) is 71.3 Å². The van der Waals surface area contributed by atoms with Crippen molar-refractivity contribution in [1.82, 2.24) is 20.4 Å². The Balaban J connectivity index is 1.58. The van der Waals surface area contributed by atoms with Crippen molar-refractivity contribution in [2.45, 2.75) is 19.5 Å². The van der Waals surface area contributed by atoms with E-state index in [1.54, 1.807) is 31.2 Å². The fourth-order valence-corrected chi connectivity index (χ4v) is 3.98. The van der Waals surface area contributed by atoms with Crippen molar-refractivity contribution in [3.05, 3.63) is 113 Å². The lowest BCUT2D eigenvalue weighted by Gasteiger charge is -2.35. The molecule has 6 nitrogen and oxygen atoms in total. The van der Waals surface area contributed by atoms with E-state index < -0.39 is 11.9 Å². The van der Waals surface area contributed by atoms with E-state index in [0.29, 0.717) is 22.4 Å². The highest BCUT2D eigenvalue weighted by atomic mass is 19.1. The maximum absolute atomic E-state index is 13.6. The molecule has 1 N–H and O–H groups in total. The first-order valence-corrected chi connectivity index (χ1v) is 10.8. The average Bonchev–Trinajstić information content (AvgIpc) is 3.33. The summed E-state index contributed by atoms with van der Waals surface area (Å²) >= 11 is 0. The third-order valence-electron chi connectivity index (χ3n) is 5.81. The molecule has 0 radical (unpaired) electrons. The molecule has 1 unspecified atom stereocenters. The third kappa shape index (κ3) is 4.52. The number of carbonyl (C=O) groups excluding carboxylic acids is 1. The Labute approximate surface area is 198 Å². The highest BCUT2D eigenvalue weighted by Crippen LogP contribution is 2.38. The van der Waals surface area contributed by atoms with Crippen LogP contribution in [0, 0.1) is 17.5 Å². The van der Waals surface area contributed by atoms with Crippen LogP contribution in [0.3, 0.4) is 0 Å². The van der Waals surface area contributed by atoms with Gasteiger partial charge in [-0.15, -0.1) is 0 Å². The van der Waals surface area contributed by atoms with Crippen molar-refractivity contribution in [3.63, 3.8) is 0 Å². The zero-order chi connectivity index (χ0) is 24.5. The second kappa shape index (κ2) is 9.09. The van der Waals surface area contributed by atoms with Crippen molar-refractivity contribution in [1.29, 1.82) is 0 Å². The molecular formula is C26H19F3N4O2. The van der Waals surface area contributed by atoms with Crippen molar-refractivity contribution >= 4 is 11.6 Å².